The Balaban J connectivity index is 0.00000220. The molecule has 0 bridgehead atoms. The van der Waals surface area contributed by atoms with E-state index in [9.17, 15) is 0 Å². The molecule has 0 atom stereocenters. The molecular weight excluding hydrogens is 323 g/mol. The Bertz CT molecular complexity index is 371. The second kappa shape index (κ2) is 13.0. The molecule has 6 heteroatoms. The van der Waals surface area contributed by atoms with Gasteiger partial charge in [0.1, 0.15) is 5.75 Å². The molecule has 1 aromatic carbocycles. The van der Waals surface area contributed by atoms with E-state index in [-0.39, 0.29) is 24.8 Å². The van der Waals surface area contributed by atoms with Crippen LogP contribution in [0.15, 0.2) is 24.3 Å². The fourth-order valence-electron chi connectivity index (χ4n) is 2.36. The molecule has 1 heterocycles. The first-order valence-corrected chi connectivity index (χ1v) is 7.61. The largest absolute Gasteiger partial charge is 0.494 e. The van der Waals surface area contributed by atoms with Crippen molar-refractivity contribution < 1.29 is 9.47 Å². The van der Waals surface area contributed by atoms with Gasteiger partial charge >= 0.3 is 0 Å². The summed E-state index contributed by atoms with van der Waals surface area (Å²) in [6.07, 6.45) is 1.19. The molecule has 128 valence electrons. The molecule has 1 fully saturated rings. The van der Waals surface area contributed by atoms with E-state index in [0.717, 1.165) is 51.7 Å². The number of rotatable bonds is 8. The lowest BCUT2D eigenvalue weighted by atomic mass is 10.2. The minimum Gasteiger partial charge on any atom is -0.494 e. The first-order valence-electron chi connectivity index (χ1n) is 7.61. The van der Waals surface area contributed by atoms with Crippen molar-refractivity contribution in [3.8, 4) is 5.75 Å². The number of ether oxygens (including phenoxy) is 2. The molecule has 0 saturated carbocycles. The fraction of sp³-hybridized carbons (Fsp3) is 0.625. The van der Waals surface area contributed by atoms with Crippen molar-refractivity contribution in [2.45, 2.75) is 19.9 Å². The van der Waals surface area contributed by atoms with E-state index >= 15 is 0 Å². The number of nitrogens with zero attached hydrogens (tertiary/aromatic N) is 1. The Kier molecular flexibility index (Phi) is 12.7. The quantitative estimate of drug-likeness (QED) is 0.731. The van der Waals surface area contributed by atoms with Gasteiger partial charge in [0.25, 0.3) is 0 Å². The van der Waals surface area contributed by atoms with Gasteiger partial charge in [-0.15, -0.1) is 24.8 Å². The summed E-state index contributed by atoms with van der Waals surface area (Å²) < 4.78 is 10.8. The normalized spacial score (nSPS) is 14.8. The van der Waals surface area contributed by atoms with E-state index in [1.54, 1.807) is 0 Å². The van der Waals surface area contributed by atoms with Gasteiger partial charge in [0.2, 0.25) is 0 Å². The van der Waals surface area contributed by atoms with Crippen LogP contribution in [0.4, 0.5) is 0 Å². The van der Waals surface area contributed by atoms with E-state index in [0.29, 0.717) is 0 Å². The van der Waals surface area contributed by atoms with Crippen molar-refractivity contribution in [1.82, 2.24) is 10.2 Å². The molecule has 1 aliphatic heterocycles. The SMILES string of the molecule is CCOc1ccc(CNCCCN2CCOCC2)cc1.Cl.Cl. The first kappa shape index (κ1) is 21.5. The topological polar surface area (TPSA) is 33.7 Å². The van der Waals surface area contributed by atoms with Crippen molar-refractivity contribution in [1.29, 1.82) is 0 Å². The van der Waals surface area contributed by atoms with Crippen LogP contribution in [0.1, 0.15) is 18.9 Å². The smallest absolute Gasteiger partial charge is 0.119 e. The van der Waals surface area contributed by atoms with Crippen LogP contribution in [0.3, 0.4) is 0 Å². The Morgan fingerprint density at radius 3 is 2.45 bits per heavy atom. The second-order valence-electron chi connectivity index (χ2n) is 5.06. The molecular formula is C16H28Cl2N2O2. The Morgan fingerprint density at radius 2 is 1.82 bits per heavy atom. The number of hydrogen-bond acceptors (Lipinski definition) is 4. The number of morpholine rings is 1. The molecule has 0 radical (unpaired) electrons. The van der Waals surface area contributed by atoms with Crippen LogP contribution in [0.25, 0.3) is 0 Å². The third-order valence-electron chi connectivity index (χ3n) is 3.50. The molecule has 0 aliphatic carbocycles. The lowest BCUT2D eigenvalue weighted by Crippen LogP contribution is -2.37. The van der Waals surface area contributed by atoms with E-state index in [1.807, 2.05) is 19.1 Å². The number of nitrogens with one attached hydrogen (secondary N) is 1. The molecule has 4 nitrogen and oxygen atoms in total. The van der Waals surface area contributed by atoms with Crippen LogP contribution < -0.4 is 10.1 Å². The monoisotopic (exact) mass is 350 g/mol. The highest BCUT2D eigenvalue weighted by Gasteiger charge is 2.08. The fourth-order valence-corrected chi connectivity index (χ4v) is 2.36. The summed E-state index contributed by atoms with van der Waals surface area (Å²) in [6.45, 7) is 9.82. The number of benzene rings is 1. The first-order chi connectivity index (χ1) is 9.88. The summed E-state index contributed by atoms with van der Waals surface area (Å²) in [5.41, 5.74) is 1.31. The lowest BCUT2D eigenvalue weighted by molar-refractivity contribution is 0.0374. The van der Waals surface area contributed by atoms with Crippen molar-refractivity contribution in [2.24, 2.45) is 0 Å². The van der Waals surface area contributed by atoms with E-state index in [4.69, 9.17) is 9.47 Å². The van der Waals surface area contributed by atoms with Gasteiger partial charge in [-0.25, -0.2) is 0 Å². The minimum absolute atomic E-state index is 0. The zero-order chi connectivity index (χ0) is 14.0. The Morgan fingerprint density at radius 1 is 1.14 bits per heavy atom. The summed E-state index contributed by atoms with van der Waals surface area (Å²) in [6, 6.07) is 8.32. The van der Waals surface area contributed by atoms with Crippen molar-refractivity contribution in [2.75, 3.05) is 46.0 Å². The molecule has 1 aromatic rings. The molecule has 0 aromatic heterocycles. The molecule has 1 N–H and O–H groups in total. The predicted molar refractivity (Wildman–Crippen MR) is 95.7 cm³/mol. The maximum atomic E-state index is 5.43. The average Bonchev–Trinajstić information content (AvgIpc) is 2.50. The average molecular weight is 351 g/mol. The summed E-state index contributed by atoms with van der Waals surface area (Å²) in [7, 11) is 0. The molecule has 1 aliphatic rings. The van der Waals surface area contributed by atoms with E-state index < -0.39 is 0 Å². The van der Waals surface area contributed by atoms with Gasteiger partial charge in [-0.1, -0.05) is 12.1 Å². The van der Waals surface area contributed by atoms with Crippen LogP contribution in [0, 0.1) is 0 Å². The van der Waals surface area contributed by atoms with Gasteiger partial charge < -0.3 is 14.8 Å². The zero-order valence-corrected chi connectivity index (χ0v) is 14.9. The number of halogens is 2. The van der Waals surface area contributed by atoms with E-state index in [2.05, 4.69) is 22.3 Å². The van der Waals surface area contributed by atoms with Gasteiger partial charge in [0.05, 0.1) is 19.8 Å². The molecule has 1 saturated heterocycles. The summed E-state index contributed by atoms with van der Waals surface area (Å²) in [5, 5.41) is 3.49. The zero-order valence-electron chi connectivity index (χ0n) is 13.3. The van der Waals surface area contributed by atoms with Crippen LogP contribution in [0.5, 0.6) is 5.75 Å². The van der Waals surface area contributed by atoms with Crippen LogP contribution in [-0.4, -0.2) is 50.9 Å². The van der Waals surface area contributed by atoms with E-state index in [1.165, 1.54) is 18.5 Å². The maximum Gasteiger partial charge on any atom is 0.119 e. The van der Waals surface area contributed by atoms with Gasteiger partial charge in [0.15, 0.2) is 0 Å². The molecule has 0 amide bonds. The predicted octanol–water partition coefficient (Wildman–Crippen LogP) is 2.74. The molecule has 2 rings (SSSR count). The van der Waals surface area contributed by atoms with Gasteiger partial charge in [-0.05, 0) is 44.1 Å². The third kappa shape index (κ3) is 8.20. The highest BCUT2D eigenvalue weighted by Crippen LogP contribution is 2.11. The summed E-state index contributed by atoms with van der Waals surface area (Å²) in [5.74, 6) is 0.948. The van der Waals surface area contributed by atoms with Gasteiger partial charge in [-0.2, -0.15) is 0 Å². The van der Waals surface area contributed by atoms with Crippen molar-refractivity contribution >= 4 is 24.8 Å². The standard InChI is InChI=1S/C16H26N2O2.2ClH/c1-2-20-16-6-4-15(5-7-16)14-17-8-3-9-18-10-12-19-13-11-18;;/h4-7,17H,2-3,8-14H2,1H3;2*1H. The lowest BCUT2D eigenvalue weighted by Gasteiger charge is -2.26. The van der Waals surface area contributed by atoms with Crippen LogP contribution in [-0.2, 0) is 11.3 Å². The third-order valence-corrected chi connectivity index (χ3v) is 3.50. The molecule has 0 unspecified atom stereocenters. The van der Waals surface area contributed by atoms with Crippen LogP contribution in [0.2, 0.25) is 0 Å². The van der Waals surface area contributed by atoms with Gasteiger partial charge in [-0.3, -0.25) is 4.90 Å². The van der Waals surface area contributed by atoms with Crippen LogP contribution >= 0.6 is 24.8 Å². The molecule has 22 heavy (non-hydrogen) atoms. The number of hydrogen-bond donors (Lipinski definition) is 1. The van der Waals surface area contributed by atoms with Crippen molar-refractivity contribution in [3.63, 3.8) is 0 Å². The highest BCUT2D eigenvalue weighted by molar-refractivity contribution is 5.85. The van der Waals surface area contributed by atoms with Gasteiger partial charge in [0, 0.05) is 19.6 Å². The second-order valence-corrected chi connectivity index (χ2v) is 5.06. The van der Waals surface area contributed by atoms with Crippen molar-refractivity contribution in [3.05, 3.63) is 29.8 Å². The summed E-state index contributed by atoms with van der Waals surface area (Å²) in [4.78, 5) is 2.47. The molecule has 0 spiro atoms. The maximum absolute atomic E-state index is 5.43. The highest BCUT2D eigenvalue weighted by atomic mass is 35.5. The Hall–Kier alpha value is -0.520. The summed E-state index contributed by atoms with van der Waals surface area (Å²) >= 11 is 0. The minimum atomic E-state index is 0. The Labute approximate surface area is 146 Å².